The summed E-state index contributed by atoms with van der Waals surface area (Å²) in [5.74, 6) is -1.42. The van der Waals surface area contributed by atoms with Crippen molar-refractivity contribution in [2.75, 3.05) is 33.5 Å². The van der Waals surface area contributed by atoms with Gasteiger partial charge >= 0.3 is 5.97 Å². The fourth-order valence-electron chi connectivity index (χ4n) is 1.06. The van der Waals surface area contributed by atoms with Crippen molar-refractivity contribution in [2.45, 2.75) is 0 Å². The molecule has 0 spiro atoms. The predicted octanol–water partition coefficient (Wildman–Crippen LogP) is 1.04. The molecule has 0 N–H and O–H groups in total. The minimum atomic E-state index is -0.722. The van der Waals surface area contributed by atoms with Crippen LogP contribution in [0.3, 0.4) is 0 Å². The summed E-state index contributed by atoms with van der Waals surface area (Å²) in [7, 11) is 1.57. The Hall–Kier alpha value is -1.53. The molecule has 0 aliphatic carbocycles. The summed E-state index contributed by atoms with van der Waals surface area (Å²) in [5.41, 5.74) is -0.128. The molecule has 0 unspecified atom stereocenters. The van der Waals surface area contributed by atoms with Crippen molar-refractivity contribution in [3.63, 3.8) is 0 Å². The van der Waals surface area contributed by atoms with Crippen LogP contribution in [0, 0.1) is 5.82 Å². The van der Waals surface area contributed by atoms with Gasteiger partial charge < -0.3 is 14.2 Å². The highest BCUT2D eigenvalue weighted by Gasteiger charge is 2.12. The summed E-state index contributed by atoms with van der Waals surface area (Å²) in [6.45, 7) is 1.23. The monoisotopic (exact) mass is 243 g/mol. The molecule has 0 bridgehead atoms. The van der Waals surface area contributed by atoms with Gasteiger partial charge in [0.1, 0.15) is 6.61 Å². The quantitative estimate of drug-likeness (QED) is 0.529. The number of aromatic nitrogens is 1. The molecular formula is C11H14FNO4. The van der Waals surface area contributed by atoms with Gasteiger partial charge in [0.2, 0.25) is 0 Å². The third-order valence-electron chi connectivity index (χ3n) is 1.88. The van der Waals surface area contributed by atoms with Gasteiger partial charge in [0.05, 0.1) is 31.6 Å². The first-order chi connectivity index (χ1) is 8.25. The number of esters is 1. The maximum atomic E-state index is 13.1. The van der Waals surface area contributed by atoms with E-state index in [0.29, 0.717) is 13.2 Å². The van der Waals surface area contributed by atoms with Gasteiger partial charge in [-0.1, -0.05) is 0 Å². The third kappa shape index (κ3) is 4.88. The van der Waals surface area contributed by atoms with E-state index in [-0.39, 0.29) is 18.8 Å². The lowest BCUT2D eigenvalue weighted by atomic mass is 10.2. The minimum Gasteiger partial charge on any atom is -0.460 e. The summed E-state index contributed by atoms with van der Waals surface area (Å²) in [6.07, 6.45) is 2.29. The van der Waals surface area contributed by atoms with Crippen LogP contribution < -0.4 is 0 Å². The van der Waals surface area contributed by atoms with Crippen LogP contribution in [0.4, 0.5) is 4.39 Å². The molecule has 6 heteroatoms. The van der Waals surface area contributed by atoms with E-state index in [1.807, 2.05) is 0 Å². The first kappa shape index (κ1) is 13.5. The van der Waals surface area contributed by atoms with Gasteiger partial charge in [0, 0.05) is 13.3 Å². The molecule has 0 aliphatic heterocycles. The zero-order chi connectivity index (χ0) is 12.5. The van der Waals surface area contributed by atoms with E-state index in [1.165, 1.54) is 12.3 Å². The fraction of sp³-hybridized carbons (Fsp3) is 0.455. The maximum absolute atomic E-state index is 13.1. The SMILES string of the molecule is COCCOCCOC(=O)c1ccncc1F. The summed E-state index contributed by atoms with van der Waals surface area (Å²) in [5, 5.41) is 0. The van der Waals surface area contributed by atoms with Crippen molar-refractivity contribution in [2.24, 2.45) is 0 Å². The topological polar surface area (TPSA) is 57.7 Å². The second-order valence-corrected chi connectivity index (χ2v) is 3.10. The third-order valence-corrected chi connectivity index (χ3v) is 1.88. The van der Waals surface area contributed by atoms with Gasteiger partial charge in [-0.05, 0) is 6.07 Å². The Labute approximate surface area is 98.5 Å². The number of hydrogen-bond donors (Lipinski definition) is 0. The number of ether oxygens (including phenoxy) is 3. The molecule has 0 aliphatic rings. The average molecular weight is 243 g/mol. The summed E-state index contributed by atoms with van der Waals surface area (Å²) < 4.78 is 27.8. The maximum Gasteiger partial charge on any atom is 0.341 e. The van der Waals surface area contributed by atoms with Gasteiger partial charge in [0.25, 0.3) is 0 Å². The minimum absolute atomic E-state index is 0.0737. The van der Waals surface area contributed by atoms with Gasteiger partial charge in [-0.2, -0.15) is 0 Å². The van der Waals surface area contributed by atoms with E-state index in [0.717, 1.165) is 6.20 Å². The van der Waals surface area contributed by atoms with Crippen LogP contribution in [-0.2, 0) is 14.2 Å². The number of hydrogen-bond acceptors (Lipinski definition) is 5. The van der Waals surface area contributed by atoms with Gasteiger partial charge in [-0.25, -0.2) is 9.18 Å². The van der Waals surface area contributed by atoms with Crippen molar-refractivity contribution in [3.8, 4) is 0 Å². The van der Waals surface area contributed by atoms with Gasteiger partial charge in [-0.3, -0.25) is 4.98 Å². The van der Waals surface area contributed by atoms with Crippen LogP contribution in [0.1, 0.15) is 10.4 Å². The zero-order valence-electron chi connectivity index (χ0n) is 9.52. The summed E-state index contributed by atoms with van der Waals surface area (Å²) in [6, 6.07) is 1.27. The lowest BCUT2D eigenvalue weighted by Gasteiger charge is -2.06. The first-order valence-corrected chi connectivity index (χ1v) is 5.09. The Balaban J connectivity index is 2.24. The van der Waals surface area contributed by atoms with Crippen molar-refractivity contribution in [1.82, 2.24) is 4.98 Å². The molecule has 1 heterocycles. The molecule has 0 atom stereocenters. The highest BCUT2D eigenvalue weighted by atomic mass is 19.1. The molecule has 0 amide bonds. The number of nitrogens with zero attached hydrogens (tertiary/aromatic N) is 1. The molecule has 0 saturated carbocycles. The van der Waals surface area contributed by atoms with Crippen LogP contribution in [-0.4, -0.2) is 44.5 Å². The zero-order valence-corrected chi connectivity index (χ0v) is 9.52. The van der Waals surface area contributed by atoms with E-state index >= 15 is 0 Å². The highest BCUT2D eigenvalue weighted by Crippen LogP contribution is 2.05. The van der Waals surface area contributed by atoms with Crippen LogP contribution in [0.5, 0.6) is 0 Å². The molecule has 0 aromatic carbocycles. The number of halogens is 1. The normalized spacial score (nSPS) is 10.2. The molecule has 94 valence electrons. The Kier molecular flexibility index (Phi) is 6.13. The Morgan fingerprint density at radius 1 is 1.35 bits per heavy atom. The number of pyridine rings is 1. The predicted molar refractivity (Wildman–Crippen MR) is 57.2 cm³/mol. The van der Waals surface area contributed by atoms with E-state index in [4.69, 9.17) is 14.2 Å². The standard InChI is InChI=1S/C11H14FNO4/c1-15-4-5-16-6-7-17-11(14)9-2-3-13-8-10(9)12/h2-3,8H,4-7H2,1H3. The van der Waals surface area contributed by atoms with Crippen LogP contribution in [0.25, 0.3) is 0 Å². The van der Waals surface area contributed by atoms with Crippen LogP contribution in [0.15, 0.2) is 18.5 Å². The first-order valence-electron chi connectivity index (χ1n) is 5.09. The number of rotatable bonds is 7. The Morgan fingerprint density at radius 3 is 2.82 bits per heavy atom. The lowest BCUT2D eigenvalue weighted by Crippen LogP contribution is -2.13. The molecule has 1 rings (SSSR count). The van der Waals surface area contributed by atoms with Crippen LogP contribution in [0.2, 0.25) is 0 Å². The molecule has 0 saturated heterocycles. The van der Waals surface area contributed by atoms with Crippen LogP contribution >= 0.6 is 0 Å². The number of carbonyl (C=O) groups is 1. The van der Waals surface area contributed by atoms with E-state index < -0.39 is 11.8 Å². The smallest absolute Gasteiger partial charge is 0.341 e. The van der Waals surface area contributed by atoms with Crippen molar-refractivity contribution >= 4 is 5.97 Å². The summed E-state index contributed by atoms with van der Waals surface area (Å²) >= 11 is 0. The summed E-state index contributed by atoms with van der Waals surface area (Å²) in [4.78, 5) is 14.9. The van der Waals surface area contributed by atoms with Gasteiger partial charge in [0.15, 0.2) is 5.82 Å². The molecule has 1 aromatic heterocycles. The Bertz CT molecular complexity index is 359. The van der Waals surface area contributed by atoms with E-state index in [1.54, 1.807) is 7.11 Å². The fourth-order valence-corrected chi connectivity index (χ4v) is 1.06. The second-order valence-electron chi connectivity index (χ2n) is 3.10. The lowest BCUT2D eigenvalue weighted by molar-refractivity contribution is 0.0210. The second kappa shape index (κ2) is 7.70. The Morgan fingerprint density at radius 2 is 2.12 bits per heavy atom. The highest BCUT2D eigenvalue weighted by molar-refractivity contribution is 5.89. The molecule has 0 radical (unpaired) electrons. The molecule has 5 nitrogen and oxygen atoms in total. The number of methoxy groups -OCH3 is 1. The van der Waals surface area contributed by atoms with Crippen molar-refractivity contribution in [3.05, 3.63) is 29.8 Å². The van der Waals surface area contributed by atoms with E-state index in [9.17, 15) is 9.18 Å². The van der Waals surface area contributed by atoms with Crippen molar-refractivity contribution < 1.29 is 23.4 Å². The largest absolute Gasteiger partial charge is 0.460 e. The molecule has 0 fully saturated rings. The average Bonchev–Trinajstić information content (AvgIpc) is 2.34. The van der Waals surface area contributed by atoms with Gasteiger partial charge in [-0.15, -0.1) is 0 Å². The number of carbonyl (C=O) groups excluding carboxylic acids is 1. The van der Waals surface area contributed by atoms with Crippen molar-refractivity contribution in [1.29, 1.82) is 0 Å². The molecule has 17 heavy (non-hydrogen) atoms. The molecule has 1 aromatic rings. The molecular weight excluding hydrogens is 229 g/mol. The van der Waals surface area contributed by atoms with E-state index in [2.05, 4.69) is 4.98 Å².